The van der Waals surface area contributed by atoms with Crippen LogP contribution in [0.4, 0.5) is 10.5 Å². The number of carbonyl (C=O) groups is 1. The Balaban J connectivity index is 2.08. The Hall–Kier alpha value is -2.50. The second-order valence-electron chi connectivity index (χ2n) is 6.87. The molecule has 0 bridgehead atoms. The number of nitrogens with two attached hydrogens (primary N) is 1. The Bertz CT molecular complexity index is 661. The van der Waals surface area contributed by atoms with Gasteiger partial charge in [-0.15, -0.1) is 0 Å². The van der Waals surface area contributed by atoms with Gasteiger partial charge in [0.1, 0.15) is 5.60 Å². The highest BCUT2D eigenvalue weighted by Gasteiger charge is 2.21. The number of rotatable bonds is 5. The van der Waals surface area contributed by atoms with E-state index >= 15 is 0 Å². The fraction of sp³-hybridized carbons (Fsp3) is 0.444. The fourth-order valence-corrected chi connectivity index (χ4v) is 2.40. The maximum atomic E-state index is 12.1. The summed E-state index contributed by atoms with van der Waals surface area (Å²) in [5.41, 5.74) is 7.05. The molecule has 1 heterocycles. The SMILES string of the molecule is CN(CCC(c1ccccc1)n1cc(N)cn1)C(=O)OC(C)(C)C. The Morgan fingerprint density at radius 1 is 1.33 bits per heavy atom. The molecule has 130 valence electrons. The first-order chi connectivity index (χ1) is 11.3. The molecule has 0 aliphatic carbocycles. The van der Waals surface area contributed by atoms with Crippen LogP contribution in [0.25, 0.3) is 0 Å². The van der Waals surface area contributed by atoms with Gasteiger partial charge in [0.25, 0.3) is 0 Å². The molecular formula is C18H26N4O2. The van der Waals surface area contributed by atoms with Gasteiger partial charge in [-0.05, 0) is 32.8 Å². The summed E-state index contributed by atoms with van der Waals surface area (Å²) in [6, 6.07) is 10.1. The van der Waals surface area contributed by atoms with Crippen LogP contribution in [-0.4, -0.2) is 40.0 Å². The van der Waals surface area contributed by atoms with E-state index in [2.05, 4.69) is 17.2 Å². The van der Waals surface area contributed by atoms with Crippen molar-refractivity contribution < 1.29 is 9.53 Å². The van der Waals surface area contributed by atoms with E-state index in [1.165, 1.54) is 0 Å². The number of hydrogen-bond acceptors (Lipinski definition) is 4. The second kappa shape index (κ2) is 7.38. The minimum atomic E-state index is -0.499. The molecule has 0 radical (unpaired) electrons. The van der Waals surface area contributed by atoms with Crippen LogP contribution in [0.2, 0.25) is 0 Å². The maximum Gasteiger partial charge on any atom is 0.410 e. The number of nitrogens with zero attached hydrogens (tertiary/aromatic N) is 3. The maximum absolute atomic E-state index is 12.1. The summed E-state index contributed by atoms with van der Waals surface area (Å²) in [6.45, 7) is 6.13. The van der Waals surface area contributed by atoms with Gasteiger partial charge in [0, 0.05) is 19.8 Å². The van der Waals surface area contributed by atoms with Crippen molar-refractivity contribution in [3.63, 3.8) is 0 Å². The lowest BCUT2D eigenvalue weighted by Crippen LogP contribution is -2.35. The zero-order chi connectivity index (χ0) is 17.7. The Labute approximate surface area is 143 Å². The predicted octanol–water partition coefficient (Wildman–Crippen LogP) is 3.31. The summed E-state index contributed by atoms with van der Waals surface area (Å²) in [7, 11) is 1.74. The van der Waals surface area contributed by atoms with Crippen LogP contribution in [0.5, 0.6) is 0 Å². The molecule has 0 saturated carbocycles. The zero-order valence-electron chi connectivity index (χ0n) is 14.8. The Morgan fingerprint density at radius 2 is 2.00 bits per heavy atom. The van der Waals surface area contributed by atoms with Crippen molar-refractivity contribution in [3.05, 3.63) is 48.3 Å². The number of nitrogen functional groups attached to an aromatic ring is 1. The van der Waals surface area contributed by atoms with Gasteiger partial charge in [-0.25, -0.2) is 4.79 Å². The standard InChI is InChI=1S/C18H26N4O2/c1-18(2,3)24-17(23)21(4)11-10-16(14-8-6-5-7-9-14)22-13-15(19)12-20-22/h5-9,12-13,16H,10-11,19H2,1-4H3. The molecule has 6 heteroatoms. The third-order valence-electron chi connectivity index (χ3n) is 3.57. The molecule has 24 heavy (non-hydrogen) atoms. The van der Waals surface area contributed by atoms with Gasteiger partial charge in [-0.1, -0.05) is 30.3 Å². The molecule has 6 nitrogen and oxygen atoms in total. The normalized spacial score (nSPS) is 12.7. The third-order valence-corrected chi connectivity index (χ3v) is 3.57. The summed E-state index contributed by atoms with van der Waals surface area (Å²) in [5.74, 6) is 0. The van der Waals surface area contributed by atoms with Crippen LogP contribution < -0.4 is 5.73 Å². The molecule has 0 aliphatic heterocycles. The third kappa shape index (κ3) is 5.01. The lowest BCUT2D eigenvalue weighted by atomic mass is 10.0. The van der Waals surface area contributed by atoms with Crippen LogP contribution in [0.15, 0.2) is 42.7 Å². The molecule has 0 aliphatic rings. The van der Waals surface area contributed by atoms with Gasteiger partial charge in [-0.3, -0.25) is 4.68 Å². The molecule has 1 atom stereocenters. The highest BCUT2D eigenvalue weighted by Crippen LogP contribution is 2.23. The van der Waals surface area contributed by atoms with Crippen molar-refractivity contribution in [2.75, 3.05) is 19.3 Å². The van der Waals surface area contributed by atoms with Gasteiger partial charge in [0.2, 0.25) is 0 Å². The molecule has 1 unspecified atom stereocenters. The van der Waals surface area contributed by atoms with Crippen LogP contribution in [0, 0.1) is 0 Å². The first-order valence-electron chi connectivity index (χ1n) is 8.05. The van der Waals surface area contributed by atoms with E-state index in [-0.39, 0.29) is 12.1 Å². The smallest absolute Gasteiger partial charge is 0.410 e. The quantitative estimate of drug-likeness (QED) is 0.913. The van der Waals surface area contributed by atoms with E-state index in [0.717, 1.165) is 5.56 Å². The largest absolute Gasteiger partial charge is 0.444 e. The van der Waals surface area contributed by atoms with Crippen molar-refractivity contribution in [3.8, 4) is 0 Å². The van der Waals surface area contributed by atoms with Crippen LogP contribution in [-0.2, 0) is 4.74 Å². The Morgan fingerprint density at radius 3 is 2.54 bits per heavy atom. The number of benzene rings is 1. The van der Waals surface area contributed by atoms with E-state index in [1.54, 1.807) is 18.1 Å². The Kier molecular flexibility index (Phi) is 5.49. The topological polar surface area (TPSA) is 73.4 Å². The number of aromatic nitrogens is 2. The van der Waals surface area contributed by atoms with Crippen molar-refractivity contribution >= 4 is 11.8 Å². The van der Waals surface area contributed by atoms with E-state index in [9.17, 15) is 4.79 Å². The monoisotopic (exact) mass is 330 g/mol. The van der Waals surface area contributed by atoms with Crippen LogP contribution in [0.1, 0.15) is 38.8 Å². The van der Waals surface area contributed by atoms with Gasteiger partial charge >= 0.3 is 6.09 Å². The molecule has 1 aromatic carbocycles. The lowest BCUT2D eigenvalue weighted by molar-refractivity contribution is 0.0292. The molecule has 2 rings (SSSR count). The number of amides is 1. The second-order valence-corrected chi connectivity index (χ2v) is 6.87. The van der Waals surface area contributed by atoms with Gasteiger partial charge in [0.05, 0.1) is 17.9 Å². The average molecular weight is 330 g/mol. The molecule has 1 amide bonds. The van der Waals surface area contributed by atoms with Crippen molar-refractivity contribution in [2.24, 2.45) is 0 Å². The van der Waals surface area contributed by atoms with Crippen LogP contribution in [0.3, 0.4) is 0 Å². The predicted molar refractivity (Wildman–Crippen MR) is 94.7 cm³/mol. The first kappa shape index (κ1) is 17.8. The van der Waals surface area contributed by atoms with Gasteiger partial charge in [0.15, 0.2) is 0 Å². The molecule has 0 spiro atoms. The van der Waals surface area contributed by atoms with E-state index in [0.29, 0.717) is 18.7 Å². The summed E-state index contributed by atoms with van der Waals surface area (Å²) in [5, 5.41) is 4.33. The van der Waals surface area contributed by atoms with Crippen LogP contribution >= 0.6 is 0 Å². The molecule has 0 saturated heterocycles. The van der Waals surface area contributed by atoms with Crippen molar-refractivity contribution in [2.45, 2.75) is 38.8 Å². The van der Waals surface area contributed by atoms with Crippen molar-refractivity contribution in [1.82, 2.24) is 14.7 Å². The molecule has 2 N–H and O–H groups in total. The highest BCUT2D eigenvalue weighted by atomic mass is 16.6. The highest BCUT2D eigenvalue weighted by molar-refractivity contribution is 5.67. The average Bonchev–Trinajstić information content (AvgIpc) is 2.93. The summed E-state index contributed by atoms with van der Waals surface area (Å²) in [4.78, 5) is 13.7. The number of anilines is 1. The van der Waals surface area contributed by atoms with Crippen molar-refractivity contribution in [1.29, 1.82) is 0 Å². The number of hydrogen-bond donors (Lipinski definition) is 1. The molecule has 0 fully saturated rings. The zero-order valence-corrected chi connectivity index (χ0v) is 14.8. The summed E-state index contributed by atoms with van der Waals surface area (Å²) in [6.07, 6.45) is 3.83. The summed E-state index contributed by atoms with van der Waals surface area (Å²) >= 11 is 0. The van der Waals surface area contributed by atoms with Gasteiger partial charge in [-0.2, -0.15) is 5.10 Å². The molecular weight excluding hydrogens is 304 g/mol. The fourth-order valence-electron chi connectivity index (χ4n) is 2.40. The minimum Gasteiger partial charge on any atom is -0.444 e. The molecule has 2 aromatic rings. The molecule has 1 aromatic heterocycles. The summed E-state index contributed by atoms with van der Waals surface area (Å²) < 4.78 is 7.23. The number of carbonyl (C=O) groups excluding carboxylic acids is 1. The number of ether oxygens (including phenoxy) is 1. The lowest BCUT2D eigenvalue weighted by Gasteiger charge is -2.26. The van der Waals surface area contributed by atoms with E-state index in [1.807, 2.05) is 49.8 Å². The van der Waals surface area contributed by atoms with E-state index < -0.39 is 5.60 Å². The van der Waals surface area contributed by atoms with Gasteiger partial charge < -0.3 is 15.4 Å². The van der Waals surface area contributed by atoms with E-state index in [4.69, 9.17) is 10.5 Å². The minimum absolute atomic E-state index is 0.00777. The first-order valence-corrected chi connectivity index (χ1v) is 8.05.